The first-order valence-electron chi connectivity index (χ1n) is 9.75. The van der Waals surface area contributed by atoms with E-state index in [1.54, 1.807) is 0 Å². The number of nitrogens with one attached hydrogen (secondary N) is 2. The van der Waals surface area contributed by atoms with Gasteiger partial charge in [-0.1, -0.05) is 23.3 Å². The van der Waals surface area contributed by atoms with E-state index in [4.69, 9.17) is 4.74 Å². The normalized spacial score (nSPS) is 11.6. The molecule has 0 unspecified atom stereocenters. The summed E-state index contributed by atoms with van der Waals surface area (Å²) in [6.07, 6.45) is 0. The fraction of sp³-hybridized carbons (Fsp3) is 0.292. The van der Waals surface area contributed by atoms with Crippen LogP contribution in [0, 0.1) is 27.7 Å². The Bertz CT molecular complexity index is 1110. The number of ether oxygens (including phenoxy) is 1. The molecule has 0 aliphatic heterocycles. The summed E-state index contributed by atoms with van der Waals surface area (Å²) in [5.41, 5.74) is 8.43. The highest BCUT2D eigenvalue weighted by atomic mass is 16.5. The summed E-state index contributed by atoms with van der Waals surface area (Å²) in [7, 11) is 0. The van der Waals surface area contributed by atoms with Gasteiger partial charge < -0.3 is 14.7 Å². The smallest absolute Gasteiger partial charge is 0.318 e. The van der Waals surface area contributed by atoms with Gasteiger partial charge in [-0.3, -0.25) is 4.79 Å². The molecular formula is C24H26N2O2. The van der Waals surface area contributed by atoms with E-state index < -0.39 is 5.92 Å². The molecule has 0 aliphatic rings. The van der Waals surface area contributed by atoms with E-state index in [1.165, 1.54) is 11.1 Å². The van der Waals surface area contributed by atoms with Crippen LogP contribution in [0.2, 0.25) is 0 Å². The number of hydrogen-bond acceptors (Lipinski definition) is 2. The number of carbonyl (C=O) groups excluding carboxylic acids is 1. The van der Waals surface area contributed by atoms with Gasteiger partial charge in [0.1, 0.15) is 5.92 Å². The fourth-order valence-corrected chi connectivity index (χ4v) is 4.27. The predicted molar refractivity (Wildman–Crippen MR) is 114 cm³/mol. The molecule has 4 nitrogen and oxygen atoms in total. The number of carbonyl (C=O) groups is 1. The van der Waals surface area contributed by atoms with Crippen LogP contribution in [0.4, 0.5) is 0 Å². The van der Waals surface area contributed by atoms with E-state index in [9.17, 15) is 4.79 Å². The number of aromatic amines is 2. The van der Waals surface area contributed by atoms with Crippen LogP contribution in [0.15, 0.2) is 36.4 Å². The molecule has 28 heavy (non-hydrogen) atoms. The van der Waals surface area contributed by atoms with Gasteiger partial charge >= 0.3 is 5.97 Å². The lowest BCUT2D eigenvalue weighted by molar-refractivity contribution is -0.143. The topological polar surface area (TPSA) is 57.9 Å². The second-order valence-electron chi connectivity index (χ2n) is 7.61. The van der Waals surface area contributed by atoms with Crippen molar-refractivity contribution >= 4 is 27.8 Å². The van der Waals surface area contributed by atoms with Crippen molar-refractivity contribution in [2.75, 3.05) is 6.61 Å². The SMILES string of the molecule is CCOC(=O)C(c1c(C)[nH]c2ccc(C)cc12)c1c(C)[nH]c2ccc(C)cc12. The van der Waals surface area contributed by atoms with Gasteiger partial charge in [0, 0.05) is 33.2 Å². The molecule has 0 radical (unpaired) electrons. The van der Waals surface area contributed by atoms with Crippen molar-refractivity contribution in [3.8, 4) is 0 Å². The third kappa shape index (κ3) is 2.89. The van der Waals surface area contributed by atoms with Crippen molar-refractivity contribution in [2.45, 2.75) is 40.5 Å². The maximum Gasteiger partial charge on any atom is 0.318 e. The highest BCUT2D eigenvalue weighted by Crippen LogP contribution is 2.40. The van der Waals surface area contributed by atoms with Crippen LogP contribution in [0.1, 0.15) is 46.5 Å². The largest absolute Gasteiger partial charge is 0.465 e. The third-order valence-electron chi connectivity index (χ3n) is 5.48. The number of esters is 1. The first-order chi connectivity index (χ1) is 13.4. The highest BCUT2D eigenvalue weighted by molar-refractivity contribution is 5.98. The molecule has 0 spiro atoms. The zero-order valence-corrected chi connectivity index (χ0v) is 17.1. The summed E-state index contributed by atoms with van der Waals surface area (Å²) >= 11 is 0. The van der Waals surface area contributed by atoms with Crippen LogP contribution in [0.25, 0.3) is 21.8 Å². The minimum Gasteiger partial charge on any atom is -0.465 e. The van der Waals surface area contributed by atoms with Crippen LogP contribution in [-0.4, -0.2) is 22.5 Å². The molecule has 0 saturated carbocycles. The average molecular weight is 374 g/mol. The van der Waals surface area contributed by atoms with Gasteiger partial charge in [0.05, 0.1) is 6.61 Å². The van der Waals surface area contributed by atoms with E-state index in [0.717, 1.165) is 44.3 Å². The Morgan fingerprint density at radius 2 is 1.32 bits per heavy atom. The summed E-state index contributed by atoms with van der Waals surface area (Å²) in [6, 6.07) is 12.6. The molecule has 4 heteroatoms. The Hall–Kier alpha value is -3.01. The monoisotopic (exact) mass is 374 g/mol. The molecule has 144 valence electrons. The van der Waals surface area contributed by atoms with E-state index >= 15 is 0 Å². The van der Waals surface area contributed by atoms with Gasteiger partial charge in [-0.2, -0.15) is 0 Å². The van der Waals surface area contributed by atoms with Gasteiger partial charge in [0.2, 0.25) is 0 Å². The van der Waals surface area contributed by atoms with Crippen molar-refractivity contribution in [1.29, 1.82) is 0 Å². The molecule has 2 aromatic heterocycles. The number of rotatable bonds is 4. The van der Waals surface area contributed by atoms with E-state index in [2.05, 4.69) is 60.2 Å². The Morgan fingerprint density at radius 3 is 1.75 bits per heavy atom. The number of fused-ring (bicyclic) bond motifs is 2. The quantitative estimate of drug-likeness (QED) is 0.458. The van der Waals surface area contributed by atoms with E-state index in [0.29, 0.717) is 6.61 Å². The summed E-state index contributed by atoms with van der Waals surface area (Å²) in [5, 5.41) is 2.16. The zero-order valence-electron chi connectivity index (χ0n) is 17.1. The first kappa shape index (κ1) is 18.4. The van der Waals surface area contributed by atoms with E-state index in [-0.39, 0.29) is 5.97 Å². The Balaban J connectivity index is 2.05. The minimum atomic E-state index is -0.481. The molecule has 0 aliphatic carbocycles. The lowest BCUT2D eigenvalue weighted by atomic mass is 9.87. The molecule has 4 rings (SSSR count). The van der Waals surface area contributed by atoms with Crippen molar-refractivity contribution in [3.63, 3.8) is 0 Å². The van der Waals surface area contributed by atoms with Crippen LogP contribution in [0.3, 0.4) is 0 Å². The number of benzene rings is 2. The Morgan fingerprint density at radius 1 is 0.857 bits per heavy atom. The highest BCUT2D eigenvalue weighted by Gasteiger charge is 2.32. The maximum atomic E-state index is 13.3. The Kier molecular flexibility index (Phi) is 4.50. The van der Waals surface area contributed by atoms with Gasteiger partial charge in [0.25, 0.3) is 0 Å². The number of hydrogen-bond donors (Lipinski definition) is 2. The summed E-state index contributed by atoms with van der Waals surface area (Å²) in [5.74, 6) is -0.690. The lowest BCUT2D eigenvalue weighted by Crippen LogP contribution is -2.18. The molecule has 2 aromatic carbocycles. The summed E-state index contributed by atoms with van der Waals surface area (Å²) in [4.78, 5) is 20.2. The second kappa shape index (κ2) is 6.86. The standard InChI is InChI=1S/C24H26N2O2/c1-6-28-24(27)23(21-15(4)25-19-9-7-13(2)11-17(19)21)22-16(5)26-20-10-8-14(3)12-18(20)22/h7-12,23,25-26H,6H2,1-5H3. The molecule has 0 bridgehead atoms. The molecule has 0 saturated heterocycles. The molecule has 2 heterocycles. The van der Waals surface area contributed by atoms with Gasteiger partial charge in [-0.05, 0) is 70.0 Å². The fourth-order valence-electron chi connectivity index (χ4n) is 4.27. The average Bonchev–Trinajstić information content (AvgIpc) is 3.13. The van der Waals surface area contributed by atoms with Crippen LogP contribution < -0.4 is 0 Å². The van der Waals surface area contributed by atoms with Crippen LogP contribution in [-0.2, 0) is 9.53 Å². The number of aryl methyl sites for hydroxylation is 4. The van der Waals surface area contributed by atoms with Gasteiger partial charge in [-0.15, -0.1) is 0 Å². The molecule has 4 aromatic rings. The molecular weight excluding hydrogens is 348 g/mol. The predicted octanol–water partition coefficient (Wildman–Crippen LogP) is 5.58. The van der Waals surface area contributed by atoms with Crippen LogP contribution in [0.5, 0.6) is 0 Å². The van der Waals surface area contributed by atoms with Crippen molar-refractivity contribution in [2.24, 2.45) is 0 Å². The van der Waals surface area contributed by atoms with Gasteiger partial charge in [-0.25, -0.2) is 0 Å². The van der Waals surface area contributed by atoms with E-state index in [1.807, 2.05) is 20.8 Å². The zero-order chi connectivity index (χ0) is 20.0. The van der Waals surface area contributed by atoms with Crippen LogP contribution >= 0.6 is 0 Å². The molecule has 2 N–H and O–H groups in total. The van der Waals surface area contributed by atoms with Crippen molar-refractivity contribution in [3.05, 3.63) is 70.0 Å². The molecule has 0 atom stereocenters. The Labute approximate surface area is 164 Å². The van der Waals surface area contributed by atoms with Crippen molar-refractivity contribution < 1.29 is 9.53 Å². The lowest BCUT2D eigenvalue weighted by Gasteiger charge is -2.18. The number of H-pyrrole nitrogens is 2. The number of aromatic nitrogens is 2. The maximum absolute atomic E-state index is 13.3. The second-order valence-corrected chi connectivity index (χ2v) is 7.61. The van der Waals surface area contributed by atoms with Crippen molar-refractivity contribution in [1.82, 2.24) is 9.97 Å². The molecule has 0 fully saturated rings. The molecule has 0 amide bonds. The van der Waals surface area contributed by atoms with Gasteiger partial charge in [0.15, 0.2) is 0 Å². The first-order valence-corrected chi connectivity index (χ1v) is 9.75. The summed E-state index contributed by atoms with van der Waals surface area (Å²) < 4.78 is 5.55. The minimum absolute atomic E-state index is 0.210. The third-order valence-corrected chi connectivity index (χ3v) is 5.48. The summed E-state index contributed by atoms with van der Waals surface area (Å²) in [6.45, 7) is 10.4.